The van der Waals surface area contributed by atoms with E-state index in [-0.39, 0.29) is 5.92 Å². The highest BCUT2D eigenvalue weighted by molar-refractivity contribution is 5.40. The van der Waals surface area contributed by atoms with Gasteiger partial charge in [0.15, 0.2) is 0 Å². The van der Waals surface area contributed by atoms with E-state index < -0.39 is 0 Å². The summed E-state index contributed by atoms with van der Waals surface area (Å²) in [7, 11) is 0. The highest BCUT2D eigenvalue weighted by Gasteiger charge is 2.16. The van der Waals surface area contributed by atoms with Crippen LogP contribution in [0.2, 0.25) is 0 Å². The van der Waals surface area contributed by atoms with Gasteiger partial charge in [-0.25, -0.2) is 0 Å². The topological polar surface area (TPSA) is 24.7 Å². The van der Waals surface area contributed by atoms with Crippen molar-refractivity contribution in [3.8, 4) is 0 Å². The van der Waals surface area contributed by atoms with Gasteiger partial charge in [-0.2, -0.15) is 10.2 Å². The molecule has 2 aliphatic carbocycles. The predicted molar refractivity (Wildman–Crippen MR) is 73.1 cm³/mol. The van der Waals surface area contributed by atoms with E-state index in [1.54, 1.807) is 0 Å². The molecule has 0 radical (unpaired) electrons. The van der Waals surface area contributed by atoms with Gasteiger partial charge in [0, 0.05) is 12.3 Å². The van der Waals surface area contributed by atoms with Gasteiger partial charge in [0.1, 0.15) is 0 Å². The van der Waals surface area contributed by atoms with Gasteiger partial charge in [0.05, 0.1) is 11.4 Å². The Bertz CT molecular complexity index is 574. The quantitative estimate of drug-likeness (QED) is 0.687. The normalized spacial score (nSPS) is 21.7. The smallest absolute Gasteiger partial charge is 0.0743 e. The number of hydrogen-bond acceptors (Lipinski definition) is 2. The number of hydrogen-bond donors (Lipinski definition) is 0. The molecule has 0 saturated heterocycles. The van der Waals surface area contributed by atoms with Gasteiger partial charge in [-0.05, 0) is 17.7 Å². The van der Waals surface area contributed by atoms with Crippen LogP contribution in [0.4, 0.5) is 0 Å². The summed E-state index contributed by atoms with van der Waals surface area (Å²) in [5, 5.41) is 8.67. The lowest BCUT2D eigenvalue weighted by atomic mass is 9.99. The van der Waals surface area contributed by atoms with Gasteiger partial charge in [0.2, 0.25) is 0 Å². The van der Waals surface area contributed by atoms with Gasteiger partial charge in [-0.15, -0.1) is 0 Å². The molecule has 0 aromatic heterocycles. The maximum Gasteiger partial charge on any atom is 0.0743 e. The average molecular weight is 234 g/mol. The fourth-order valence-electron chi connectivity index (χ4n) is 2.14. The molecule has 0 amide bonds. The van der Waals surface area contributed by atoms with Crippen LogP contribution in [0.3, 0.4) is 0 Å². The van der Waals surface area contributed by atoms with E-state index in [2.05, 4.69) is 46.6 Å². The Morgan fingerprint density at radius 1 is 0.944 bits per heavy atom. The van der Waals surface area contributed by atoms with Crippen molar-refractivity contribution in [2.45, 2.75) is 12.3 Å². The molecule has 2 aliphatic rings. The molecule has 1 aromatic rings. The number of benzene rings is 1. The van der Waals surface area contributed by atoms with Crippen LogP contribution in [0.1, 0.15) is 17.9 Å². The molecule has 0 heterocycles. The molecule has 3 rings (SSSR count). The molecule has 1 aromatic carbocycles. The summed E-state index contributed by atoms with van der Waals surface area (Å²) in [5.74, 6) is 0.241. The Labute approximate surface area is 107 Å². The summed E-state index contributed by atoms with van der Waals surface area (Å²) >= 11 is 0. The van der Waals surface area contributed by atoms with Gasteiger partial charge in [-0.1, -0.05) is 54.6 Å². The highest BCUT2D eigenvalue weighted by Crippen LogP contribution is 2.31. The number of azo groups is 1. The molecule has 0 bridgehead atoms. The first-order valence-corrected chi connectivity index (χ1v) is 6.14. The van der Waals surface area contributed by atoms with Crippen LogP contribution in [-0.4, -0.2) is 0 Å². The third kappa shape index (κ3) is 2.23. The molecule has 0 saturated carbocycles. The van der Waals surface area contributed by atoms with Gasteiger partial charge in [0.25, 0.3) is 0 Å². The Morgan fingerprint density at radius 2 is 1.83 bits per heavy atom. The SMILES string of the molecule is C1=CCC(N=NC2=CC=CC2c2ccccc2)=C1. The summed E-state index contributed by atoms with van der Waals surface area (Å²) in [6.07, 6.45) is 13.2. The molecule has 0 spiro atoms. The summed E-state index contributed by atoms with van der Waals surface area (Å²) in [6, 6.07) is 10.4. The molecular formula is C16H14N2. The predicted octanol–water partition coefficient (Wildman–Crippen LogP) is 4.52. The summed E-state index contributed by atoms with van der Waals surface area (Å²) < 4.78 is 0. The van der Waals surface area contributed by atoms with Crippen molar-refractivity contribution < 1.29 is 0 Å². The maximum absolute atomic E-state index is 4.38. The lowest BCUT2D eigenvalue weighted by molar-refractivity contribution is 0.923. The van der Waals surface area contributed by atoms with Crippen LogP contribution in [0.25, 0.3) is 0 Å². The van der Waals surface area contributed by atoms with Crippen molar-refractivity contribution in [1.29, 1.82) is 0 Å². The van der Waals surface area contributed by atoms with E-state index in [0.29, 0.717) is 0 Å². The zero-order valence-corrected chi connectivity index (χ0v) is 10.0. The molecule has 1 atom stereocenters. The standard InChI is InChI=1S/C16H14N2/c1-2-7-13(8-3-1)15-11-6-12-16(15)18-17-14-9-4-5-10-14/h1-9,11-12,15H,10H2. The van der Waals surface area contributed by atoms with Crippen LogP contribution < -0.4 is 0 Å². The van der Waals surface area contributed by atoms with E-state index in [1.165, 1.54) is 5.56 Å². The van der Waals surface area contributed by atoms with Gasteiger partial charge < -0.3 is 0 Å². The Hall–Kier alpha value is -2.22. The first-order valence-electron chi connectivity index (χ1n) is 6.14. The minimum absolute atomic E-state index is 0.241. The van der Waals surface area contributed by atoms with Crippen molar-refractivity contribution >= 4 is 0 Å². The first kappa shape index (κ1) is 10.9. The van der Waals surface area contributed by atoms with Crippen molar-refractivity contribution in [3.05, 3.63) is 83.7 Å². The molecule has 0 N–H and O–H groups in total. The zero-order valence-electron chi connectivity index (χ0n) is 10.0. The van der Waals surface area contributed by atoms with E-state index in [0.717, 1.165) is 17.8 Å². The van der Waals surface area contributed by atoms with Crippen LogP contribution in [-0.2, 0) is 0 Å². The van der Waals surface area contributed by atoms with E-state index in [1.807, 2.05) is 30.4 Å². The third-order valence-corrected chi connectivity index (χ3v) is 3.09. The fourth-order valence-corrected chi connectivity index (χ4v) is 2.14. The van der Waals surface area contributed by atoms with Crippen LogP contribution in [0.15, 0.2) is 88.4 Å². The van der Waals surface area contributed by atoms with Crippen molar-refractivity contribution in [2.75, 3.05) is 0 Å². The Kier molecular flexibility index (Phi) is 3.01. The van der Waals surface area contributed by atoms with Crippen LogP contribution in [0, 0.1) is 0 Å². The lowest BCUT2D eigenvalue weighted by Gasteiger charge is -2.09. The average Bonchev–Trinajstić information content (AvgIpc) is 3.09. The van der Waals surface area contributed by atoms with Crippen LogP contribution in [0.5, 0.6) is 0 Å². The third-order valence-electron chi connectivity index (χ3n) is 3.09. The molecule has 0 aliphatic heterocycles. The summed E-state index contributed by atoms with van der Waals surface area (Å²) in [5.41, 5.74) is 3.29. The lowest BCUT2D eigenvalue weighted by Crippen LogP contribution is -1.94. The molecule has 2 nitrogen and oxygen atoms in total. The molecular weight excluding hydrogens is 220 g/mol. The maximum atomic E-state index is 4.38. The van der Waals surface area contributed by atoms with Crippen molar-refractivity contribution in [3.63, 3.8) is 0 Å². The minimum atomic E-state index is 0.241. The zero-order chi connectivity index (χ0) is 12.2. The molecule has 2 heteroatoms. The van der Waals surface area contributed by atoms with Crippen LogP contribution >= 0.6 is 0 Å². The number of allylic oxidation sites excluding steroid dienone is 6. The fraction of sp³-hybridized carbons (Fsp3) is 0.125. The Morgan fingerprint density at radius 3 is 2.61 bits per heavy atom. The second-order valence-corrected chi connectivity index (χ2v) is 4.36. The minimum Gasteiger partial charge on any atom is -0.155 e. The second kappa shape index (κ2) is 4.96. The molecule has 18 heavy (non-hydrogen) atoms. The van der Waals surface area contributed by atoms with Crippen molar-refractivity contribution in [1.82, 2.24) is 0 Å². The number of rotatable bonds is 3. The van der Waals surface area contributed by atoms with E-state index >= 15 is 0 Å². The summed E-state index contributed by atoms with van der Waals surface area (Å²) in [4.78, 5) is 0. The Balaban J connectivity index is 1.77. The first-order chi connectivity index (χ1) is 8.93. The molecule has 1 unspecified atom stereocenters. The van der Waals surface area contributed by atoms with Gasteiger partial charge in [-0.3, -0.25) is 0 Å². The number of nitrogens with zero attached hydrogens (tertiary/aromatic N) is 2. The van der Waals surface area contributed by atoms with E-state index in [9.17, 15) is 0 Å². The van der Waals surface area contributed by atoms with Gasteiger partial charge >= 0.3 is 0 Å². The van der Waals surface area contributed by atoms with E-state index in [4.69, 9.17) is 0 Å². The monoisotopic (exact) mass is 234 g/mol. The largest absolute Gasteiger partial charge is 0.155 e. The molecule has 0 fully saturated rings. The second-order valence-electron chi connectivity index (χ2n) is 4.36. The summed E-state index contributed by atoms with van der Waals surface area (Å²) in [6.45, 7) is 0. The highest BCUT2D eigenvalue weighted by atomic mass is 15.1. The molecule has 88 valence electrons. The van der Waals surface area contributed by atoms with Crippen molar-refractivity contribution in [2.24, 2.45) is 10.2 Å².